The van der Waals surface area contributed by atoms with Gasteiger partial charge < -0.3 is 9.63 Å². The van der Waals surface area contributed by atoms with Crippen LogP contribution in [0.15, 0.2) is 27.6 Å². The van der Waals surface area contributed by atoms with E-state index in [1.807, 2.05) is 0 Å². The Morgan fingerprint density at radius 2 is 2.22 bits per heavy atom. The lowest BCUT2D eigenvalue weighted by atomic mass is 10.1. The minimum Gasteiger partial charge on any atom is -0.476 e. The first kappa shape index (κ1) is 12.9. The summed E-state index contributed by atoms with van der Waals surface area (Å²) in [6, 6.07) is 3.94. The predicted octanol–water partition coefficient (Wildman–Crippen LogP) is 3.55. The Hall–Kier alpha value is -1.53. The average molecular weight is 288 g/mol. The molecule has 7 heteroatoms. The number of thioether (sulfide) groups is 1. The molecule has 4 nitrogen and oxygen atoms in total. The fraction of sp³-hybridized carbons (Fsp3) is 0.0909. The summed E-state index contributed by atoms with van der Waals surface area (Å²) < 4.78 is 18.5. The van der Waals surface area contributed by atoms with Crippen LogP contribution in [0.5, 0.6) is 0 Å². The second kappa shape index (κ2) is 4.99. The van der Waals surface area contributed by atoms with Crippen LogP contribution in [0.1, 0.15) is 10.5 Å². The van der Waals surface area contributed by atoms with E-state index in [9.17, 15) is 9.18 Å². The lowest BCUT2D eigenvalue weighted by molar-refractivity contribution is 0.0686. The zero-order chi connectivity index (χ0) is 13.3. The van der Waals surface area contributed by atoms with Crippen molar-refractivity contribution in [1.29, 1.82) is 0 Å². The SMILES string of the molecule is CSc1c(F)cc(-c2cc(C(=O)O)no2)cc1Cl. The molecule has 0 saturated carbocycles. The molecule has 0 saturated heterocycles. The maximum atomic E-state index is 13.7. The van der Waals surface area contributed by atoms with Crippen LogP contribution >= 0.6 is 23.4 Å². The molecule has 0 aliphatic rings. The first-order valence-corrected chi connectivity index (χ1v) is 6.36. The topological polar surface area (TPSA) is 63.3 Å². The summed E-state index contributed by atoms with van der Waals surface area (Å²) in [6.07, 6.45) is 1.71. The van der Waals surface area contributed by atoms with Gasteiger partial charge in [-0.05, 0) is 18.4 Å². The molecule has 1 aromatic heterocycles. The maximum absolute atomic E-state index is 13.7. The van der Waals surface area contributed by atoms with Crippen molar-refractivity contribution in [3.05, 3.63) is 34.7 Å². The Morgan fingerprint density at radius 1 is 1.50 bits per heavy atom. The third kappa shape index (κ3) is 2.34. The normalized spacial score (nSPS) is 10.6. The van der Waals surface area contributed by atoms with Crippen molar-refractivity contribution in [3.63, 3.8) is 0 Å². The molecule has 1 heterocycles. The van der Waals surface area contributed by atoms with E-state index in [0.29, 0.717) is 10.5 Å². The van der Waals surface area contributed by atoms with E-state index in [0.717, 1.165) is 0 Å². The van der Waals surface area contributed by atoms with Gasteiger partial charge in [0.15, 0.2) is 11.5 Å². The highest BCUT2D eigenvalue weighted by Gasteiger charge is 2.15. The van der Waals surface area contributed by atoms with E-state index in [-0.39, 0.29) is 16.5 Å². The number of carboxylic acid groups (broad SMARTS) is 1. The van der Waals surface area contributed by atoms with Crippen molar-refractivity contribution in [2.45, 2.75) is 4.90 Å². The molecule has 1 aromatic carbocycles. The molecule has 0 amide bonds. The number of rotatable bonds is 3. The number of hydrogen-bond acceptors (Lipinski definition) is 4. The highest BCUT2D eigenvalue weighted by atomic mass is 35.5. The lowest BCUT2D eigenvalue weighted by Crippen LogP contribution is -1.94. The van der Waals surface area contributed by atoms with Crippen LogP contribution in [0, 0.1) is 5.82 Å². The number of benzene rings is 1. The summed E-state index contributed by atoms with van der Waals surface area (Å²) >= 11 is 7.10. The van der Waals surface area contributed by atoms with Gasteiger partial charge in [0, 0.05) is 11.6 Å². The zero-order valence-electron chi connectivity index (χ0n) is 9.11. The van der Waals surface area contributed by atoms with Crippen LogP contribution in [0.4, 0.5) is 4.39 Å². The summed E-state index contributed by atoms with van der Waals surface area (Å²) in [5.41, 5.74) is 0.103. The maximum Gasteiger partial charge on any atom is 0.358 e. The van der Waals surface area contributed by atoms with Crippen LogP contribution in [-0.2, 0) is 0 Å². The van der Waals surface area contributed by atoms with Crippen molar-refractivity contribution in [1.82, 2.24) is 5.16 Å². The Balaban J connectivity index is 2.47. The van der Waals surface area contributed by atoms with Gasteiger partial charge in [-0.2, -0.15) is 0 Å². The van der Waals surface area contributed by atoms with Crippen molar-refractivity contribution in [3.8, 4) is 11.3 Å². The Morgan fingerprint density at radius 3 is 2.72 bits per heavy atom. The minimum absolute atomic E-state index is 0.154. The van der Waals surface area contributed by atoms with Crippen molar-refractivity contribution < 1.29 is 18.8 Å². The van der Waals surface area contributed by atoms with Crippen molar-refractivity contribution in [2.24, 2.45) is 0 Å². The molecule has 0 bridgehead atoms. The van der Waals surface area contributed by atoms with Crippen LogP contribution < -0.4 is 0 Å². The number of halogens is 2. The highest BCUT2D eigenvalue weighted by Crippen LogP contribution is 2.33. The van der Waals surface area contributed by atoms with Crippen LogP contribution in [0.3, 0.4) is 0 Å². The molecule has 0 unspecified atom stereocenters. The summed E-state index contributed by atoms with van der Waals surface area (Å²) in [6.45, 7) is 0. The van der Waals surface area contributed by atoms with Crippen LogP contribution in [0.2, 0.25) is 5.02 Å². The predicted molar refractivity (Wildman–Crippen MR) is 65.6 cm³/mol. The van der Waals surface area contributed by atoms with Gasteiger partial charge in [-0.15, -0.1) is 11.8 Å². The number of carbonyl (C=O) groups is 1. The lowest BCUT2D eigenvalue weighted by Gasteiger charge is -2.04. The fourth-order valence-corrected chi connectivity index (χ4v) is 2.36. The number of hydrogen-bond donors (Lipinski definition) is 1. The van der Waals surface area contributed by atoms with Gasteiger partial charge in [-0.25, -0.2) is 9.18 Å². The van der Waals surface area contributed by atoms with Gasteiger partial charge in [-0.1, -0.05) is 16.8 Å². The Kier molecular flexibility index (Phi) is 3.58. The standard InChI is InChI=1S/C11H7ClFNO3S/c1-18-10-6(12)2-5(3-7(10)13)9-4-8(11(15)16)14-17-9/h2-4H,1H3,(H,15,16). The molecule has 94 valence electrons. The van der Waals surface area contributed by atoms with Gasteiger partial charge in [-0.3, -0.25) is 0 Å². The molecule has 0 aliphatic heterocycles. The van der Waals surface area contributed by atoms with E-state index in [1.54, 1.807) is 6.26 Å². The van der Waals surface area contributed by atoms with Crippen molar-refractivity contribution >= 4 is 29.3 Å². The number of carboxylic acids is 1. The monoisotopic (exact) mass is 287 g/mol. The number of aromatic carboxylic acids is 1. The van der Waals surface area contributed by atoms with Gasteiger partial charge in [0.05, 0.1) is 9.92 Å². The molecular weight excluding hydrogens is 281 g/mol. The molecule has 1 N–H and O–H groups in total. The largest absolute Gasteiger partial charge is 0.476 e. The highest BCUT2D eigenvalue weighted by molar-refractivity contribution is 7.98. The fourth-order valence-electron chi connectivity index (χ4n) is 1.41. The molecule has 0 aliphatic carbocycles. The van der Waals surface area contributed by atoms with E-state index >= 15 is 0 Å². The molecule has 0 atom stereocenters. The second-order valence-corrected chi connectivity index (χ2v) is 4.58. The molecule has 18 heavy (non-hydrogen) atoms. The summed E-state index contributed by atoms with van der Waals surface area (Å²) in [7, 11) is 0. The van der Waals surface area contributed by atoms with Gasteiger partial charge in [0.2, 0.25) is 0 Å². The second-order valence-electron chi connectivity index (χ2n) is 3.35. The quantitative estimate of drug-likeness (QED) is 0.875. The molecule has 0 radical (unpaired) electrons. The van der Waals surface area contributed by atoms with E-state index in [4.69, 9.17) is 21.2 Å². The van der Waals surface area contributed by atoms with Crippen LogP contribution in [0.25, 0.3) is 11.3 Å². The minimum atomic E-state index is -1.21. The molecule has 2 aromatic rings. The van der Waals surface area contributed by atoms with E-state index in [2.05, 4.69) is 5.16 Å². The third-order valence-electron chi connectivity index (χ3n) is 2.22. The number of aromatic nitrogens is 1. The average Bonchev–Trinajstić information content (AvgIpc) is 2.77. The van der Waals surface area contributed by atoms with E-state index < -0.39 is 11.8 Å². The first-order valence-electron chi connectivity index (χ1n) is 4.76. The summed E-state index contributed by atoms with van der Waals surface area (Å²) in [5, 5.41) is 12.3. The molecular formula is C11H7ClFNO3S. The molecule has 0 spiro atoms. The third-order valence-corrected chi connectivity index (χ3v) is 3.45. The Bertz CT molecular complexity index is 591. The number of nitrogens with zero attached hydrogens (tertiary/aromatic N) is 1. The van der Waals surface area contributed by atoms with Gasteiger partial charge in [0.25, 0.3) is 0 Å². The van der Waals surface area contributed by atoms with E-state index in [1.165, 1.54) is 30.0 Å². The zero-order valence-corrected chi connectivity index (χ0v) is 10.7. The van der Waals surface area contributed by atoms with Gasteiger partial charge >= 0.3 is 5.97 Å². The van der Waals surface area contributed by atoms with Crippen molar-refractivity contribution in [2.75, 3.05) is 6.26 Å². The first-order chi connectivity index (χ1) is 8.52. The van der Waals surface area contributed by atoms with Crippen LogP contribution in [-0.4, -0.2) is 22.5 Å². The molecule has 2 rings (SSSR count). The summed E-state index contributed by atoms with van der Waals surface area (Å²) in [5.74, 6) is -1.54. The summed E-state index contributed by atoms with van der Waals surface area (Å²) in [4.78, 5) is 11.0. The Labute approximate surface area is 111 Å². The smallest absolute Gasteiger partial charge is 0.358 e. The molecule has 0 fully saturated rings. The van der Waals surface area contributed by atoms with Gasteiger partial charge in [0.1, 0.15) is 5.82 Å².